The zero-order valence-electron chi connectivity index (χ0n) is 11.4. The summed E-state index contributed by atoms with van der Waals surface area (Å²) in [7, 11) is 0. The van der Waals surface area contributed by atoms with E-state index in [4.69, 9.17) is 15.2 Å². The Hall–Kier alpha value is -1.75. The number of hydrogen-bond donors (Lipinski definition) is 2. The summed E-state index contributed by atoms with van der Waals surface area (Å²) in [5, 5.41) is 2.83. The minimum Gasteiger partial charge on any atom is -0.489 e. The van der Waals surface area contributed by atoms with Crippen LogP contribution in [0.25, 0.3) is 0 Å². The number of amides is 1. The Balaban J connectivity index is 2.01. The molecule has 3 N–H and O–H groups in total. The van der Waals surface area contributed by atoms with Crippen LogP contribution in [-0.4, -0.2) is 25.2 Å². The highest BCUT2D eigenvalue weighted by Gasteiger charge is 2.17. The van der Waals surface area contributed by atoms with Crippen molar-refractivity contribution in [1.29, 1.82) is 0 Å². The van der Waals surface area contributed by atoms with Crippen LogP contribution in [-0.2, 0) is 16.0 Å². The monoisotopic (exact) mass is 264 g/mol. The van der Waals surface area contributed by atoms with Crippen LogP contribution in [0.2, 0.25) is 0 Å². The molecular weight excluding hydrogens is 244 g/mol. The fourth-order valence-corrected chi connectivity index (χ4v) is 1.99. The maximum atomic E-state index is 11.4. The van der Waals surface area contributed by atoms with Crippen molar-refractivity contribution < 1.29 is 14.3 Å². The van der Waals surface area contributed by atoms with Crippen LogP contribution in [0, 0.1) is 0 Å². The Kier molecular flexibility index (Phi) is 4.27. The van der Waals surface area contributed by atoms with Gasteiger partial charge < -0.3 is 20.5 Å². The number of ether oxygens (including phenoxy) is 2. The first-order valence-corrected chi connectivity index (χ1v) is 6.53. The molecule has 19 heavy (non-hydrogen) atoms. The zero-order valence-corrected chi connectivity index (χ0v) is 11.4. The van der Waals surface area contributed by atoms with Crippen molar-refractivity contribution in [3.63, 3.8) is 0 Å². The minimum absolute atomic E-state index is 0.0337. The summed E-state index contributed by atoms with van der Waals surface area (Å²) in [5.74, 6) is 0.625. The van der Waals surface area contributed by atoms with Crippen LogP contribution >= 0.6 is 0 Å². The molecule has 1 amide bonds. The third kappa shape index (κ3) is 3.61. The summed E-state index contributed by atoms with van der Waals surface area (Å²) >= 11 is 0. The third-order valence-corrected chi connectivity index (χ3v) is 2.92. The molecule has 5 nitrogen and oxygen atoms in total. The molecule has 0 radical (unpaired) electrons. The van der Waals surface area contributed by atoms with E-state index in [2.05, 4.69) is 5.32 Å². The number of benzene rings is 1. The van der Waals surface area contributed by atoms with Crippen molar-refractivity contribution in [1.82, 2.24) is 0 Å². The number of nitrogen functional groups attached to an aromatic ring is 1. The lowest BCUT2D eigenvalue weighted by atomic mass is 10.0. The van der Waals surface area contributed by atoms with E-state index in [1.165, 1.54) is 0 Å². The number of nitrogens with one attached hydrogen (secondary N) is 1. The highest BCUT2D eigenvalue weighted by molar-refractivity contribution is 5.94. The van der Waals surface area contributed by atoms with Crippen molar-refractivity contribution in [2.24, 2.45) is 0 Å². The van der Waals surface area contributed by atoms with Gasteiger partial charge in [-0.1, -0.05) is 0 Å². The molecule has 0 saturated carbocycles. The second-order valence-corrected chi connectivity index (χ2v) is 4.86. The van der Waals surface area contributed by atoms with Crippen molar-refractivity contribution in [3.05, 3.63) is 17.7 Å². The van der Waals surface area contributed by atoms with Gasteiger partial charge in [-0.15, -0.1) is 0 Å². The van der Waals surface area contributed by atoms with Gasteiger partial charge in [-0.25, -0.2) is 0 Å². The van der Waals surface area contributed by atoms with Crippen LogP contribution in [0.5, 0.6) is 5.75 Å². The molecule has 1 aromatic carbocycles. The number of hydrogen-bond acceptors (Lipinski definition) is 4. The molecule has 1 aliphatic heterocycles. The first-order valence-electron chi connectivity index (χ1n) is 6.53. The first kappa shape index (κ1) is 13.7. The summed E-state index contributed by atoms with van der Waals surface area (Å²) in [6.45, 7) is 4.90. The van der Waals surface area contributed by atoms with Gasteiger partial charge in [-0.2, -0.15) is 0 Å². The molecule has 1 aromatic rings. The van der Waals surface area contributed by atoms with Crippen molar-refractivity contribution in [2.75, 3.05) is 24.3 Å². The SMILES string of the molecule is CC(C)OCCOc1cc2c(cc1N)CCC(=O)N2. The van der Waals surface area contributed by atoms with Gasteiger partial charge in [0.1, 0.15) is 12.4 Å². The highest BCUT2D eigenvalue weighted by Crippen LogP contribution is 2.32. The molecule has 0 unspecified atom stereocenters. The lowest BCUT2D eigenvalue weighted by molar-refractivity contribution is -0.116. The molecule has 104 valence electrons. The van der Waals surface area contributed by atoms with Gasteiger partial charge in [0.25, 0.3) is 0 Å². The highest BCUT2D eigenvalue weighted by atomic mass is 16.5. The molecule has 0 atom stereocenters. The van der Waals surface area contributed by atoms with Crippen LogP contribution in [0.1, 0.15) is 25.8 Å². The van der Waals surface area contributed by atoms with E-state index in [1.54, 1.807) is 6.07 Å². The normalized spacial score (nSPS) is 14.2. The molecule has 0 bridgehead atoms. The standard InChI is InChI=1S/C14H20N2O3/c1-9(2)18-5-6-19-13-8-12-10(7-11(13)15)3-4-14(17)16-12/h7-9H,3-6,15H2,1-2H3,(H,16,17). The quantitative estimate of drug-likeness (QED) is 0.630. The Morgan fingerprint density at radius 3 is 2.84 bits per heavy atom. The van der Waals surface area contributed by atoms with E-state index < -0.39 is 0 Å². The number of carbonyl (C=O) groups is 1. The fourth-order valence-electron chi connectivity index (χ4n) is 1.99. The van der Waals surface area contributed by atoms with Gasteiger partial charge in [0.05, 0.1) is 18.4 Å². The van der Waals surface area contributed by atoms with Crippen molar-refractivity contribution in [3.8, 4) is 5.75 Å². The molecule has 0 saturated heterocycles. The van der Waals surface area contributed by atoms with Gasteiger partial charge in [-0.05, 0) is 31.9 Å². The van der Waals surface area contributed by atoms with Gasteiger partial charge in [0.15, 0.2) is 0 Å². The van der Waals surface area contributed by atoms with Crippen LogP contribution < -0.4 is 15.8 Å². The van der Waals surface area contributed by atoms with Crippen LogP contribution in [0.3, 0.4) is 0 Å². The van der Waals surface area contributed by atoms with Crippen molar-refractivity contribution in [2.45, 2.75) is 32.8 Å². The summed E-state index contributed by atoms with van der Waals surface area (Å²) in [6, 6.07) is 3.66. The lowest BCUT2D eigenvalue weighted by Gasteiger charge is -2.19. The average molecular weight is 264 g/mol. The average Bonchev–Trinajstić information content (AvgIpc) is 2.35. The Morgan fingerprint density at radius 1 is 1.32 bits per heavy atom. The molecule has 0 aliphatic carbocycles. The predicted octanol–water partition coefficient (Wildman–Crippen LogP) is 1.96. The maximum absolute atomic E-state index is 11.4. The molecule has 1 heterocycles. The molecule has 2 rings (SSSR count). The third-order valence-electron chi connectivity index (χ3n) is 2.92. The largest absolute Gasteiger partial charge is 0.489 e. The number of carbonyl (C=O) groups excluding carboxylic acids is 1. The number of fused-ring (bicyclic) bond motifs is 1. The summed E-state index contributed by atoms with van der Waals surface area (Å²) in [5.41, 5.74) is 8.39. The predicted molar refractivity (Wildman–Crippen MR) is 74.4 cm³/mol. The first-order chi connectivity index (χ1) is 9.06. The molecule has 0 fully saturated rings. The van der Waals surface area contributed by atoms with E-state index in [9.17, 15) is 4.79 Å². The summed E-state index contributed by atoms with van der Waals surface area (Å²) < 4.78 is 11.0. The Bertz CT molecular complexity index is 472. The van der Waals surface area contributed by atoms with E-state index in [0.29, 0.717) is 31.1 Å². The molecular formula is C14H20N2O3. The van der Waals surface area contributed by atoms with Crippen molar-refractivity contribution >= 4 is 17.3 Å². The molecule has 0 spiro atoms. The maximum Gasteiger partial charge on any atom is 0.224 e. The topological polar surface area (TPSA) is 73.6 Å². The number of anilines is 2. The van der Waals surface area contributed by atoms with E-state index >= 15 is 0 Å². The lowest BCUT2D eigenvalue weighted by Crippen LogP contribution is -2.19. The smallest absolute Gasteiger partial charge is 0.224 e. The van der Waals surface area contributed by atoms with E-state index in [-0.39, 0.29) is 12.0 Å². The zero-order chi connectivity index (χ0) is 13.8. The van der Waals surface area contributed by atoms with Gasteiger partial charge in [0.2, 0.25) is 5.91 Å². The van der Waals surface area contributed by atoms with Gasteiger partial charge in [0, 0.05) is 18.2 Å². The second kappa shape index (κ2) is 5.93. The van der Waals surface area contributed by atoms with E-state index in [0.717, 1.165) is 17.7 Å². The van der Waals surface area contributed by atoms with Gasteiger partial charge in [-0.3, -0.25) is 4.79 Å². The molecule has 1 aliphatic rings. The van der Waals surface area contributed by atoms with Crippen LogP contribution in [0.15, 0.2) is 12.1 Å². The summed E-state index contributed by atoms with van der Waals surface area (Å²) in [6.07, 6.45) is 1.42. The Morgan fingerprint density at radius 2 is 2.11 bits per heavy atom. The second-order valence-electron chi connectivity index (χ2n) is 4.86. The number of rotatable bonds is 5. The number of aryl methyl sites for hydroxylation is 1. The minimum atomic E-state index is 0.0337. The summed E-state index contributed by atoms with van der Waals surface area (Å²) in [4.78, 5) is 11.4. The fraction of sp³-hybridized carbons (Fsp3) is 0.500. The Labute approximate surface area is 113 Å². The van der Waals surface area contributed by atoms with Gasteiger partial charge >= 0.3 is 0 Å². The number of nitrogens with two attached hydrogens (primary N) is 1. The van der Waals surface area contributed by atoms with Crippen LogP contribution in [0.4, 0.5) is 11.4 Å². The molecule has 0 aromatic heterocycles. The van der Waals surface area contributed by atoms with E-state index in [1.807, 2.05) is 19.9 Å². The molecule has 5 heteroatoms.